The average Bonchev–Trinajstić information content (AvgIpc) is 2.84. The van der Waals surface area contributed by atoms with Gasteiger partial charge in [-0.05, 0) is 17.5 Å². The summed E-state index contributed by atoms with van der Waals surface area (Å²) < 4.78 is 36.2. The first kappa shape index (κ1) is 15.2. The quantitative estimate of drug-likeness (QED) is 0.600. The molecule has 0 bridgehead atoms. The summed E-state index contributed by atoms with van der Waals surface area (Å²) in [6.45, 7) is 0.260. The zero-order valence-electron chi connectivity index (χ0n) is 11.6. The second-order valence-corrected chi connectivity index (χ2v) is 4.60. The number of benzene rings is 1. The van der Waals surface area contributed by atoms with Gasteiger partial charge in [0.25, 0.3) is 0 Å². The van der Waals surface area contributed by atoms with E-state index in [1.807, 2.05) is 30.3 Å². The molecule has 0 aliphatic heterocycles. The number of fused-ring (bicyclic) bond motifs is 1. The number of aromatic nitrogens is 1. The lowest BCUT2D eigenvalue weighted by molar-refractivity contribution is -0.132. The molecule has 4 nitrogen and oxygen atoms in total. The molecule has 0 amide bonds. The molecule has 2 rings (SSSR count). The van der Waals surface area contributed by atoms with Crippen LogP contribution in [-0.4, -0.2) is 30.7 Å². The number of halogens is 3. The topological polar surface area (TPSA) is 52.2 Å². The van der Waals surface area contributed by atoms with Crippen LogP contribution < -0.4 is 10.6 Å². The average molecular weight is 298 g/mol. The highest BCUT2D eigenvalue weighted by Crippen LogP contribution is 2.18. The fourth-order valence-electron chi connectivity index (χ4n) is 1.95. The van der Waals surface area contributed by atoms with Crippen LogP contribution in [-0.2, 0) is 6.54 Å². The van der Waals surface area contributed by atoms with Crippen molar-refractivity contribution in [2.24, 2.45) is 4.99 Å². The van der Waals surface area contributed by atoms with E-state index in [2.05, 4.69) is 20.6 Å². The van der Waals surface area contributed by atoms with E-state index in [1.165, 1.54) is 7.05 Å². The molecule has 114 valence electrons. The maximum Gasteiger partial charge on any atom is 0.390 e. The van der Waals surface area contributed by atoms with Crippen LogP contribution in [0, 0.1) is 0 Å². The molecule has 0 fully saturated rings. The predicted molar refractivity (Wildman–Crippen MR) is 77.2 cm³/mol. The zero-order valence-corrected chi connectivity index (χ0v) is 11.6. The maximum absolute atomic E-state index is 12.1. The van der Waals surface area contributed by atoms with Crippen LogP contribution in [0.25, 0.3) is 10.9 Å². The number of nitrogens with one attached hydrogen (secondary N) is 3. The lowest BCUT2D eigenvalue weighted by Gasteiger charge is -2.12. The van der Waals surface area contributed by atoms with Crippen LogP contribution in [0.2, 0.25) is 0 Å². The van der Waals surface area contributed by atoms with Gasteiger partial charge in [-0.25, -0.2) is 0 Å². The molecule has 1 aromatic heterocycles. The van der Waals surface area contributed by atoms with Crippen molar-refractivity contribution in [2.75, 3.05) is 13.6 Å². The Bertz CT molecular complexity index is 583. The van der Waals surface area contributed by atoms with Gasteiger partial charge in [-0.15, -0.1) is 0 Å². The van der Waals surface area contributed by atoms with Gasteiger partial charge in [-0.1, -0.05) is 18.2 Å². The normalized spacial score (nSPS) is 12.7. The van der Waals surface area contributed by atoms with Gasteiger partial charge in [0.15, 0.2) is 5.96 Å². The van der Waals surface area contributed by atoms with Crippen LogP contribution in [0.1, 0.15) is 12.1 Å². The zero-order chi connectivity index (χ0) is 15.3. The van der Waals surface area contributed by atoms with E-state index in [0.717, 1.165) is 16.6 Å². The number of H-pyrrole nitrogens is 1. The Balaban J connectivity index is 1.85. The van der Waals surface area contributed by atoms with E-state index < -0.39 is 12.6 Å². The minimum atomic E-state index is -4.16. The second-order valence-electron chi connectivity index (χ2n) is 4.60. The Labute approximate surface area is 120 Å². The Kier molecular flexibility index (Phi) is 4.72. The number of nitrogens with zero attached hydrogens (tertiary/aromatic N) is 1. The van der Waals surface area contributed by atoms with Crippen molar-refractivity contribution in [2.45, 2.75) is 19.1 Å². The summed E-state index contributed by atoms with van der Waals surface area (Å²) in [6.07, 6.45) is -5.05. The van der Waals surface area contributed by atoms with Crippen molar-refractivity contribution in [1.29, 1.82) is 0 Å². The molecule has 0 aliphatic rings. The molecule has 3 N–H and O–H groups in total. The summed E-state index contributed by atoms with van der Waals surface area (Å²) in [5.74, 6) is 0.345. The van der Waals surface area contributed by atoms with Gasteiger partial charge in [0.1, 0.15) is 0 Å². The van der Waals surface area contributed by atoms with Crippen LogP contribution in [0.3, 0.4) is 0 Å². The standard InChI is InChI=1S/C14H17F3N4/c1-18-13(19-7-6-14(15,16)17)20-9-11-8-10-4-2-3-5-12(10)21-11/h2-5,8,21H,6-7,9H2,1H3,(H2,18,19,20). The van der Waals surface area contributed by atoms with E-state index in [-0.39, 0.29) is 6.54 Å². The molecule has 0 aliphatic carbocycles. The van der Waals surface area contributed by atoms with Gasteiger partial charge < -0.3 is 15.6 Å². The third-order valence-corrected chi connectivity index (χ3v) is 2.96. The van der Waals surface area contributed by atoms with Crippen molar-refractivity contribution < 1.29 is 13.2 Å². The number of alkyl halides is 3. The molecular weight excluding hydrogens is 281 g/mol. The first-order valence-corrected chi connectivity index (χ1v) is 6.56. The Morgan fingerprint density at radius 1 is 1.24 bits per heavy atom. The number of hydrogen-bond acceptors (Lipinski definition) is 1. The number of guanidine groups is 1. The first-order chi connectivity index (χ1) is 9.98. The number of aromatic amines is 1. The summed E-state index contributed by atoms with van der Waals surface area (Å²) >= 11 is 0. The predicted octanol–water partition coefficient (Wildman–Crippen LogP) is 2.79. The molecule has 1 heterocycles. The number of para-hydroxylation sites is 1. The highest BCUT2D eigenvalue weighted by atomic mass is 19.4. The number of aliphatic imine (C=N–C) groups is 1. The Morgan fingerprint density at radius 3 is 2.67 bits per heavy atom. The van der Waals surface area contributed by atoms with E-state index >= 15 is 0 Å². The number of hydrogen-bond donors (Lipinski definition) is 3. The minimum absolute atomic E-state index is 0.199. The van der Waals surface area contributed by atoms with Crippen LogP contribution in [0.4, 0.5) is 13.2 Å². The molecule has 1 aromatic carbocycles. The molecule has 2 aromatic rings. The fourth-order valence-corrected chi connectivity index (χ4v) is 1.95. The van der Waals surface area contributed by atoms with Crippen molar-refractivity contribution in [3.8, 4) is 0 Å². The molecule has 0 unspecified atom stereocenters. The van der Waals surface area contributed by atoms with Crippen LogP contribution in [0.15, 0.2) is 35.3 Å². The van der Waals surface area contributed by atoms with Gasteiger partial charge in [0.05, 0.1) is 13.0 Å². The molecule has 0 saturated heterocycles. The largest absolute Gasteiger partial charge is 0.390 e. The van der Waals surface area contributed by atoms with Gasteiger partial charge in [-0.3, -0.25) is 4.99 Å². The smallest absolute Gasteiger partial charge is 0.357 e. The molecule has 21 heavy (non-hydrogen) atoms. The van der Waals surface area contributed by atoms with E-state index in [1.54, 1.807) is 0 Å². The lowest BCUT2D eigenvalue weighted by Crippen LogP contribution is -2.38. The SMILES string of the molecule is CN=C(NCCC(F)(F)F)NCc1cc2ccccc2[nH]1. The summed E-state index contributed by atoms with van der Waals surface area (Å²) in [4.78, 5) is 7.12. The summed E-state index contributed by atoms with van der Waals surface area (Å²) in [7, 11) is 1.52. The highest BCUT2D eigenvalue weighted by molar-refractivity contribution is 5.81. The van der Waals surface area contributed by atoms with Gasteiger partial charge in [0, 0.05) is 24.8 Å². The van der Waals surface area contributed by atoms with E-state index in [4.69, 9.17) is 0 Å². The highest BCUT2D eigenvalue weighted by Gasteiger charge is 2.26. The molecule has 7 heteroatoms. The molecule has 0 radical (unpaired) electrons. The lowest BCUT2D eigenvalue weighted by atomic mass is 10.2. The van der Waals surface area contributed by atoms with Crippen molar-refractivity contribution in [3.05, 3.63) is 36.0 Å². The number of rotatable bonds is 4. The third-order valence-electron chi connectivity index (χ3n) is 2.96. The van der Waals surface area contributed by atoms with E-state index in [9.17, 15) is 13.2 Å². The monoisotopic (exact) mass is 298 g/mol. The molecule has 0 spiro atoms. The van der Waals surface area contributed by atoms with Gasteiger partial charge >= 0.3 is 6.18 Å². The van der Waals surface area contributed by atoms with Crippen molar-refractivity contribution >= 4 is 16.9 Å². The Hall–Kier alpha value is -2.18. The minimum Gasteiger partial charge on any atom is -0.357 e. The van der Waals surface area contributed by atoms with Crippen LogP contribution >= 0.6 is 0 Å². The molecular formula is C14H17F3N4. The summed E-state index contributed by atoms with van der Waals surface area (Å²) in [5, 5.41) is 6.70. The fraction of sp³-hybridized carbons (Fsp3) is 0.357. The van der Waals surface area contributed by atoms with Gasteiger partial charge in [-0.2, -0.15) is 13.2 Å². The summed E-state index contributed by atoms with van der Waals surface area (Å²) in [6, 6.07) is 9.84. The first-order valence-electron chi connectivity index (χ1n) is 6.56. The molecule has 0 atom stereocenters. The van der Waals surface area contributed by atoms with E-state index in [0.29, 0.717) is 12.5 Å². The Morgan fingerprint density at radius 2 is 2.00 bits per heavy atom. The maximum atomic E-state index is 12.1. The second kappa shape index (κ2) is 6.51. The van der Waals surface area contributed by atoms with Crippen molar-refractivity contribution in [3.63, 3.8) is 0 Å². The third kappa shape index (κ3) is 4.70. The molecule has 0 saturated carbocycles. The van der Waals surface area contributed by atoms with Crippen LogP contribution in [0.5, 0.6) is 0 Å². The van der Waals surface area contributed by atoms with Gasteiger partial charge in [0.2, 0.25) is 0 Å². The van der Waals surface area contributed by atoms with Crippen molar-refractivity contribution in [1.82, 2.24) is 15.6 Å². The summed E-state index contributed by atoms with van der Waals surface area (Å²) in [5.41, 5.74) is 1.96.